The number of benzene rings is 1. The van der Waals surface area contributed by atoms with Crippen LogP contribution in [0.1, 0.15) is 33.3 Å². The summed E-state index contributed by atoms with van der Waals surface area (Å²) in [5.74, 6) is 6.58. The molecule has 8 nitrogen and oxygen atoms in total. The molecule has 0 aliphatic heterocycles. The van der Waals surface area contributed by atoms with Gasteiger partial charge in [-0.1, -0.05) is 53.9 Å². The number of carbonyl (C=O) groups excluding carboxylic acids is 2. The van der Waals surface area contributed by atoms with Crippen molar-refractivity contribution in [2.75, 3.05) is 30.4 Å². The molecule has 0 saturated heterocycles. The lowest BCUT2D eigenvalue weighted by Gasteiger charge is -2.26. The minimum absolute atomic E-state index is 0.00719. The molecule has 0 saturated carbocycles. The summed E-state index contributed by atoms with van der Waals surface area (Å²) in [5, 5.41) is 9.04. The zero-order valence-corrected chi connectivity index (χ0v) is 19.6. The molecule has 0 bridgehead atoms. The molecule has 1 aromatic carbocycles. The Morgan fingerprint density at radius 3 is 2.03 bits per heavy atom. The van der Waals surface area contributed by atoms with Gasteiger partial charge in [0.05, 0.1) is 11.5 Å². The number of aromatic nitrogens is 3. The standard InChI is InChI=1S/C20H30N6O2S2/c1-5-24(6-2)17(27)13-29-19-22-23-20(26(19)21)30-14-18(28)25(15(3)4)12-16-10-8-7-9-11-16/h7-11,15H,5-6,12-14,21H2,1-4H3. The van der Waals surface area contributed by atoms with E-state index < -0.39 is 0 Å². The average molecular weight is 451 g/mol. The van der Waals surface area contributed by atoms with Gasteiger partial charge in [-0.25, -0.2) is 4.68 Å². The zero-order valence-electron chi connectivity index (χ0n) is 17.9. The first-order valence-electron chi connectivity index (χ1n) is 9.94. The molecule has 30 heavy (non-hydrogen) atoms. The lowest BCUT2D eigenvalue weighted by Crippen LogP contribution is -2.37. The summed E-state index contributed by atoms with van der Waals surface area (Å²) in [6.45, 7) is 9.79. The third kappa shape index (κ3) is 6.66. The molecule has 10 heteroatoms. The summed E-state index contributed by atoms with van der Waals surface area (Å²) < 4.78 is 1.34. The van der Waals surface area contributed by atoms with Crippen molar-refractivity contribution in [2.24, 2.45) is 0 Å². The van der Waals surface area contributed by atoms with Crippen molar-refractivity contribution in [1.29, 1.82) is 0 Å². The summed E-state index contributed by atoms with van der Waals surface area (Å²) in [6.07, 6.45) is 0. The van der Waals surface area contributed by atoms with Gasteiger partial charge in [-0.2, -0.15) is 0 Å². The third-order valence-electron chi connectivity index (χ3n) is 4.54. The SMILES string of the molecule is CCN(CC)C(=O)CSc1nnc(SCC(=O)N(Cc2ccccc2)C(C)C)n1N. The fraction of sp³-hybridized carbons (Fsp3) is 0.500. The highest BCUT2D eigenvalue weighted by Gasteiger charge is 2.20. The monoisotopic (exact) mass is 450 g/mol. The highest BCUT2D eigenvalue weighted by molar-refractivity contribution is 8.00. The van der Waals surface area contributed by atoms with E-state index in [1.165, 1.54) is 28.2 Å². The number of nitrogens with zero attached hydrogens (tertiary/aromatic N) is 5. The normalized spacial score (nSPS) is 11.0. The van der Waals surface area contributed by atoms with Crippen LogP contribution >= 0.6 is 23.5 Å². The average Bonchev–Trinajstić information content (AvgIpc) is 3.09. The lowest BCUT2D eigenvalue weighted by atomic mass is 10.2. The number of hydrogen-bond donors (Lipinski definition) is 1. The van der Waals surface area contributed by atoms with E-state index in [0.29, 0.717) is 29.9 Å². The van der Waals surface area contributed by atoms with Crippen LogP contribution in [0.25, 0.3) is 0 Å². The van der Waals surface area contributed by atoms with Crippen molar-refractivity contribution in [3.05, 3.63) is 35.9 Å². The van der Waals surface area contributed by atoms with E-state index in [4.69, 9.17) is 5.84 Å². The van der Waals surface area contributed by atoms with Gasteiger partial charge in [0.2, 0.25) is 22.1 Å². The Balaban J connectivity index is 1.93. The van der Waals surface area contributed by atoms with Gasteiger partial charge < -0.3 is 15.6 Å². The predicted molar refractivity (Wildman–Crippen MR) is 122 cm³/mol. The van der Waals surface area contributed by atoms with Crippen LogP contribution in [0.3, 0.4) is 0 Å². The smallest absolute Gasteiger partial charge is 0.233 e. The fourth-order valence-electron chi connectivity index (χ4n) is 2.80. The van der Waals surface area contributed by atoms with Gasteiger partial charge in [0.25, 0.3) is 0 Å². The molecule has 0 aliphatic rings. The topological polar surface area (TPSA) is 97.4 Å². The molecule has 2 aromatic rings. The molecule has 0 aliphatic carbocycles. The van der Waals surface area contributed by atoms with Gasteiger partial charge >= 0.3 is 0 Å². The Kier molecular flexibility index (Phi) is 9.51. The Labute approximate surface area is 186 Å². The van der Waals surface area contributed by atoms with Crippen LogP contribution in [0.4, 0.5) is 0 Å². The van der Waals surface area contributed by atoms with Crippen molar-refractivity contribution in [3.8, 4) is 0 Å². The van der Waals surface area contributed by atoms with Gasteiger partial charge in [-0.05, 0) is 33.3 Å². The van der Waals surface area contributed by atoms with Crippen molar-refractivity contribution in [2.45, 2.75) is 50.6 Å². The highest BCUT2D eigenvalue weighted by atomic mass is 32.2. The minimum Gasteiger partial charge on any atom is -0.343 e. The van der Waals surface area contributed by atoms with Crippen LogP contribution in [-0.4, -0.2) is 67.1 Å². The van der Waals surface area contributed by atoms with Crippen molar-refractivity contribution >= 4 is 35.3 Å². The molecule has 0 unspecified atom stereocenters. The molecule has 0 spiro atoms. The van der Waals surface area contributed by atoms with E-state index in [2.05, 4.69) is 10.2 Å². The van der Waals surface area contributed by atoms with Crippen LogP contribution in [0.5, 0.6) is 0 Å². The van der Waals surface area contributed by atoms with Crippen LogP contribution in [-0.2, 0) is 16.1 Å². The Hall–Kier alpha value is -2.20. The number of hydrogen-bond acceptors (Lipinski definition) is 7. The van der Waals surface area contributed by atoms with Gasteiger partial charge in [0.15, 0.2) is 0 Å². The van der Waals surface area contributed by atoms with E-state index >= 15 is 0 Å². The maximum absolute atomic E-state index is 12.8. The first-order chi connectivity index (χ1) is 14.4. The largest absolute Gasteiger partial charge is 0.343 e. The molecule has 2 amide bonds. The molecule has 0 fully saturated rings. The van der Waals surface area contributed by atoms with Crippen LogP contribution in [0.15, 0.2) is 40.6 Å². The second-order valence-corrected chi connectivity index (χ2v) is 8.76. The van der Waals surface area contributed by atoms with Crippen LogP contribution in [0.2, 0.25) is 0 Å². The van der Waals surface area contributed by atoms with E-state index in [1.54, 1.807) is 4.90 Å². The van der Waals surface area contributed by atoms with E-state index in [1.807, 2.05) is 62.9 Å². The van der Waals surface area contributed by atoms with Crippen molar-refractivity contribution in [3.63, 3.8) is 0 Å². The maximum Gasteiger partial charge on any atom is 0.233 e. The highest BCUT2D eigenvalue weighted by Crippen LogP contribution is 2.22. The predicted octanol–water partition coefficient (Wildman–Crippen LogP) is 2.48. The van der Waals surface area contributed by atoms with E-state index in [-0.39, 0.29) is 29.4 Å². The quantitative estimate of drug-likeness (QED) is 0.415. The van der Waals surface area contributed by atoms with Gasteiger partial charge in [-0.15, -0.1) is 10.2 Å². The summed E-state index contributed by atoms with van der Waals surface area (Å²) in [6, 6.07) is 9.99. The summed E-state index contributed by atoms with van der Waals surface area (Å²) in [5.41, 5.74) is 1.09. The van der Waals surface area contributed by atoms with Gasteiger partial charge in [0.1, 0.15) is 0 Å². The maximum atomic E-state index is 12.8. The summed E-state index contributed by atoms with van der Waals surface area (Å²) in [4.78, 5) is 28.5. The number of nitrogen functional groups attached to an aromatic ring is 1. The summed E-state index contributed by atoms with van der Waals surface area (Å²) >= 11 is 2.49. The molecule has 1 aromatic heterocycles. The van der Waals surface area contributed by atoms with Crippen molar-refractivity contribution < 1.29 is 9.59 Å². The molecule has 164 valence electrons. The molecular formula is C20H30N6O2S2. The number of thioether (sulfide) groups is 2. The van der Waals surface area contributed by atoms with E-state index in [9.17, 15) is 9.59 Å². The van der Waals surface area contributed by atoms with Crippen LogP contribution in [0, 0.1) is 0 Å². The molecule has 0 radical (unpaired) electrons. The number of nitrogens with two attached hydrogens (primary N) is 1. The summed E-state index contributed by atoms with van der Waals surface area (Å²) in [7, 11) is 0. The van der Waals surface area contributed by atoms with Crippen LogP contribution < -0.4 is 5.84 Å². The number of carbonyl (C=O) groups is 2. The molecule has 1 heterocycles. The number of amides is 2. The molecule has 2 N–H and O–H groups in total. The second-order valence-electron chi connectivity index (χ2n) is 6.88. The third-order valence-corrected chi connectivity index (χ3v) is 6.39. The van der Waals surface area contributed by atoms with E-state index in [0.717, 1.165) is 5.56 Å². The number of rotatable bonds is 11. The Morgan fingerprint density at radius 1 is 1.00 bits per heavy atom. The fourth-order valence-corrected chi connectivity index (χ4v) is 4.36. The molecule has 2 rings (SSSR count). The first kappa shape index (κ1) is 24.1. The van der Waals surface area contributed by atoms with Gasteiger partial charge in [-0.3, -0.25) is 9.59 Å². The zero-order chi connectivity index (χ0) is 22.1. The minimum atomic E-state index is 0.00719. The Bertz CT molecular complexity index is 824. The second kappa shape index (κ2) is 11.8. The molecule has 0 atom stereocenters. The first-order valence-corrected chi connectivity index (χ1v) is 11.9. The van der Waals surface area contributed by atoms with Crippen molar-refractivity contribution in [1.82, 2.24) is 24.7 Å². The lowest BCUT2D eigenvalue weighted by molar-refractivity contribution is -0.130. The Morgan fingerprint density at radius 2 is 1.53 bits per heavy atom. The van der Waals surface area contributed by atoms with Gasteiger partial charge in [0, 0.05) is 25.7 Å². The molecular weight excluding hydrogens is 420 g/mol.